The molecule has 0 aliphatic rings. The molecule has 0 aliphatic heterocycles. The first-order valence-electron chi connectivity index (χ1n) is 14.2. The number of benzene rings is 3. The van der Waals surface area contributed by atoms with E-state index in [2.05, 4.69) is 5.32 Å². The maximum Gasteiger partial charge on any atom is 0.264 e. The third kappa shape index (κ3) is 8.50. The van der Waals surface area contributed by atoms with E-state index in [1.165, 1.54) is 37.3 Å². The molecule has 10 heteroatoms. The molecule has 0 radical (unpaired) electrons. The van der Waals surface area contributed by atoms with Gasteiger partial charge in [0.2, 0.25) is 11.8 Å². The van der Waals surface area contributed by atoms with Crippen LogP contribution in [-0.4, -0.2) is 57.5 Å². The van der Waals surface area contributed by atoms with E-state index in [4.69, 9.17) is 9.47 Å². The molecule has 3 rings (SSSR count). The molecule has 3 aromatic rings. The summed E-state index contributed by atoms with van der Waals surface area (Å²) in [5.74, 6) is -0.204. The lowest BCUT2D eigenvalue weighted by Gasteiger charge is -2.34. The molecule has 0 saturated heterocycles. The van der Waals surface area contributed by atoms with E-state index in [9.17, 15) is 18.0 Å². The zero-order chi connectivity index (χ0) is 31.9. The first kappa shape index (κ1) is 33.5. The van der Waals surface area contributed by atoms with Gasteiger partial charge in [0.1, 0.15) is 12.6 Å². The van der Waals surface area contributed by atoms with Gasteiger partial charge in [-0.2, -0.15) is 0 Å². The molecule has 232 valence electrons. The zero-order valence-corrected chi connectivity index (χ0v) is 27.1. The Hall–Kier alpha value is -4.05. The minimum atomic E-state index is -4.26. The highest BCUT2D eigenvalue weighted by Crippen LogP contribution is 2.32. The van der Waals surface area contributed by atoms with Gasteiger partial charge in [0.05, 0.1) is 24.8 Å². The van der Waals surface area contributed by atoms with Crippen LogP contribution in [0.1, 0.15) is 50.8 Å². The average Bonchev–Trinajstić information content (AvgIpc) is 2.95. The molecule has 2 amide bonds. The van der Waals surface area contributed by atoms with Crippen LogP contribution >= 0.6 is 0 Å². The summed E-state index contributed by atoms with van der Waals surface area (Å²) in [5, 5.41) is 2.98. The molecule has 0 fully saturated rings. The number of methoxy groups -OCH3 is 2. The number of carbonyl (C=O) groups excluding carboxylic acids is 2. The van der Waals surface area contributed by atoms with E-state index < -0.39 is 34.1 Å². The summed E-state index contributed by atoms with van der Waals surface area (Å²) in [6, 6.07) is 18.1. The molecule has 0 bridgehead atoms. The highest BCUT2D eigenvalue weighted by Gasteiger charge is 2.35. The number of nitrogens with one attached hydrogen (secondary N) is 1. The van der Waals surface area contributed by atoms with Crippen molar-refractivity contribution in [1.29, 1.82) is 0 Å². The van der Waals surface area contributed by atoms with Crippen LogP contribution < -0.4 is 19.1 Å². The average molecular weight is 610 g/mol. The zero-order valence-electron chi connectivity index (χ0n) is 26.3. The monoisotopic (exact) mass is 609 g/mol. The third-order valence-electron chi connectivity index (χ3n) is 6.90. The van der Waals surface area contributed by atoms with Crippen molar-refractivity contribution in [3.63, 3.8) is 0 Å². The van der Waals surface area contributed by atoms with Gasteiger partial charge in [0.25, 0.3) is 10.0 Å². The lowest BCUT2D eigenvalue weighted by Crippen LogP contribution is -2.55. The summed E-state index contributed by atoms with van der Waals surface area (Å²) >= 11 is 0. The van der Waals surface area contributed by atoms with Gasteiger partial charge in [0.15, 0.2) is 11.5 Å². The minimum Gasteiger partial charge on any atom is -0.493 e. The van der Waals surface area contributed by atoms with Crippen LogP contribution in [0.2, 0.25) is 0 Å². The number of rotatable bonds is 12. The van der Waals surface area contributed by atoms with Crippen molar-refractivity contribution in [2.75, 3.05) is 25.1 Å². The molecular formula is C33H43N3O6S. The summed E-state index contributed by atoms with van der Waals surface area (Å²) in [7, 11) is -1.38. The van der Waals surface area contributed by atoms with Crippen LogP contribution in [0.4, 0.5) is 5.69 Å². The maximum absolute atomic E-state index is 14.2. The van der Waals surface area contributed by atoms with Crippen LogP contribution in [0.25, 0.3) is 0 Å². The fourth-order valence-electron chi connectivity index (χ4n) is 4.61. The first-order chi connectivity index (χ1) is 20.2. The lowest BCUT2D eigenvalue weighted by atomic mass is 10.1. The number of sulfonamides is 1. The van der Waals surface area contributed by atoms with Gasteiger partial charge in [-0.05, 0) is 70.9 Å². The summed E-state index contributed by atoms with van der Waals surface area (Å²) < 4.78 is 40.1. The van der Waals surface area contributed by atoms with Crippen molar-refractivity contribution in [3.8, 4) is 11.5 Å². The fraction of sp³-hybridized carbons (Fsp3) is 0.394. The van der Waals surface area contributed by atoms with E-state index in [0.717, 1.165) is 21.0 Å². The Labute approximate surface area is 255 Å². The van der Waals surface area contributed by atoms with E-state index >= 15 is 0 Å². The number of hydrogen-bond donors (Lipinski definition) is 1. The second kappa shape index (κ2) is 13.9. The highest BCUT2D eigenvalue weighted by molar-refractivity contribution is 7.92. The fourth-order valence-corrected chi connectivity index (χ4v) is 6.04. The molecule has 43 heavy (non-hydrogen) atoms. The van der Waals surface area contributed by atoms with E-state index in [1.54, 1.807) is 24.3 Å². The smallest absolute Gasteiger partial charge is 0.264 e. The largest absolute Gasteiger partial charge is 0.493 e. The summed E-state index contributed by atoms with van der Waals surface area (Å²) in [4.78, 5) is 29.1. The quantitative estimate of drug-likeness (QED) is 0.301. The second-order valence-corrected chi connectivity index (χ2v) is 13.4. The SMILES string of the molecule is CC[C@H](C(=O)NC(C)(C)C)N(Cc1ccc(C)cc1)C(=O)CN(c1ccc(C)cc1)S(=O)(=O)c1ccc(OC)c(OC)c1. The van der Waals surface area contributed by atoms with E-state index in [1.807, 2.05) is 65.8 Å². The van der Waals surface area contributed by atoms with Crippen LogP contribution in [0, 0.1) is 13.8 Å². The third-order valence-corrected chi connectivity index (χ3v) is 8.67. The summed E-state index contributed by atoms with van der Waals surface area (Å²) in [6.45, 7) is 10.9. The standard InChI is InChI=1S/C33H43N3O6S/c1-9-28(32(38)34-33(4,5)6)35(21-25-14-10-23(2)11-15-25)31(37)22-36(26-16-12-24(3)13-17-26)43(39,40)27-18-19-29(41-7)30(20-27)42-8/h10-20,28H,9,21-22H2,1-8H3,(H,34,38)/t28-/m1/s1. The van der Waals surface area contributed by atoms with Crippen molar-refractivity contribution in [2.45, 2.75) is 71.0 Å². The number of carbonyl (C=O) groups is 2. The predicted octanol–water partition coefficient (Wildman–Crippen LogP) is 5.24. The number of amides is 2. The Balaban J connectivity index is 2.10. The molecular weight excluding hydrogens is 566 g/mol. The number of nitrogens with zero attached hydrogens (tertiary/aromatic N) is 2. The first-order valence-corrected chi connectivity index (χ1v) is 15.6. The second-order valence-electron chi connectivity index (χ2n) is 11.5. The molecule has 0 unspecified atom stereocenters. The molecule has 9 nitrogen and oxygen atoms in total. The van der Waals surface area contributed by atoms with Crippen molar-refractivity contribution in [1.82, 2.24) is 10.2 Å². The Morgan fingerprint density at radius 1 is 0.860 bits per heavy atom. The van der Waals surface area contributed by atoms with Gasteiger partial charge in [-0.3, -0.25) is 13.9 Å². The number of ether oxygens (including phenoxy) is 2. The van der Waals surface area contributed by atoms with Crippen LogP contribution in [-0.2, 0) is 26.2 Å². The lowest BCUT2D eigenvalue weighted by molar-refractivity contribution is -0.141. The summed E-state index contributed by atoms with van der Waals surface area (Å²) in [6.07, 6.45) is 0.340. The normalized spacial score (nSPS) is 12.3. The van der Waals surface area contributed by atoms with Gasteiger partial charge in [0, 0.05) is 18.2 Å². The molecule has 0 spiro atoms. The maximum atomic E-state index is 14.2. The Morgan fingerprint density at radius 2 is 1.42 bits per heavy atom. The Kier molecular flexibility index (Phi) is 10.9. The van der Waals surface area contributed by atoms with Crippen molar-refractivity contribution >= 4 is 27.5 Å². The molecule has 0 heterocycles. The topological polar surface area (TPSA) is 105 Å². The molecule has 1 atom stereocenters. The van der Waals surface area contributed by atoms with E-state index in [-0.39, 0.29) is 23.1 Å². The van der Waals surface area contributed by atoms with Crippen LogP contribution in [0.5, 0.6) is 11.5 Å². The Bertz CT molecular complexity index is 1510. The van der Waals surface area contributed by atoms with Crippen molar-refractivity contribution in [3.05, 3.63) is 83.4 Å². The predicted molar refractivity (Wildman–Crippen MR) is 169 cm³/mol. The molecule has 0 aromatic heterocycles. The molecule has 0 saturated carbocycles. The summed E-state index contributed by atoms with van der Waals surface area (Å²) in [5.41, 5.74) is 2.62. The molecule has 0 aliphatic carbocycles. The van der Waals surface area contributed by atoms with Gasteiger partial charge in [-0.25, -0.2) is 8.42 Å². The number of hydrogen-bond acceptors (Lipinski definition) is 6. The van der Waals surface area contributed by atoms with Gasteiger partial charge >= 0.3 is 0 Å². The highest BCUT2D eigenvalue weighted by atomic mass is 32.2. The Morgan fingerprint density at radius 3 is 1.93 bits per heavy atom. The van der Waals surface area contributed by atoms with Gasteiger partial charge < -0.3 is 19.7 Å². The van der Waals surface area contributed by atoms with Gasteiger partial charge in [-0.15, -0.1) is 0 Å². The molecule has 3 aromatic carbocycles. The van der Waals surface area contributed by atoms with Gasteiger partial charge in [-0.1, -0.05) is 54.4 Å². The minimum absolute atomic E-state index is 0.0684. The van der Waals surface area contributed by atoms with Crippen LogP contribution in [0.3, 0.4) is 0 Å². The number of aryl methyl sites for hydroxylation is 2. The number of anilines is 1. The molecule has 1 N–H and O–H groups in total. The van der Waals surface area contributed by atoms with Crippen molar-refractivity contribution in [2.24, 2.45) is 0 Å². The van der Waals surface area contributed by atoms with Crippen LogP contribution in [0.15, 0.2) is 71.6 Å². The van der Waals surface area contributed by atoms with E-state index in [0.29, 0.717) is 17.9 Å². The van der Waals surface area contributed by atoms with Crippen molar-refractivity contribution < 1.29 is 27.5 Å².